The number of methoxy groups -OCH3 is 1. The van der Waals surface area contributed by atoms with E-state index in [0.29, 0.717) is 25.3 Å². The van der Waals surface area contributed by atoms with Crippen LogP contribution in [0.5, 0.6) is 0 Å². The van der Waals surface area contributed by atoms with Crippen LogP contribution in [-0.4, -0.2) is 57.4 Å². The summed E-state index contributed by atoms with van der Waals surface area (Å²) in [6.07, 6.45) is 11.8. The van der Waals surface area contributed by atoms with E-state index in [1.807, 2.05) is 43.5 Å². The monoisotopic (exact) mass is 724 g/mol. The first-order chi connectivity index (χ1) is 25.0. The van der Waals surface area contributed by atoms with Crippen LogP contribution in [0.4, 0.5) is 4.39 Å². The molecule has 3 aliphatic rings. The quantitative estimate of drug-likeness (QED) is 0.215. The van der Waals surface area contributed by atoms with Crippen LogP contribution in [0.3, 0.4) is 0 Å². The number of fused-ring (bicyclic) bond motifs is 7. The molecule has 52 heavy (non-hydrogen) atoms. The van der Waals surface area contributed by atoms with Gasteiger partial charge in [-0.2, -0.15) is 10.2 Å². The third-order valence-electron chi connectivity index (χ3n) is 10.9. The normalized spacial score (nSPS) is 20.7. The molecule has 0 spiro atoms. The molecule has 1 aliphatic heterocycles. The number of nitrogens with zero attached hydrogens (tertiary/aromatic N) is 5. The molecule has 0 saturated heterocycles. The first-order valence-electron chi connectivity index (χ1n) is 18.2. The summed E-state index contributed by atoms with van der Waals surface area (Å²) in [7, 11) is 5.41. The molecule has 4 heterocycles. The molecule has 274 valence electrons. The Kier molecular flexibility index (Phi) is 10.1. The Hall–Kier alpha value is -4.35. The van der Waals surface area contributed by atoms with Crippen molar-refractivity contribution in [2.45, 2.75) is 71.6 Å². The summed E-state index contributed by atoms with van der Waals surface area (Å²) in [4.78, 5) is 13.5. The van der Waals surface area contributed by atoms with Crippen molar-refractivity contribution in [2.75, 3.05) is 27.3 Å². The maximum absolute atomic E-state index is 14.6. The highest BCUT2D eigenvalue weighted by atomic mass is 32.2. The van der Waals surface area contributed by atoms with Crippen LogP contribution in [-0.2, 0) is 47.5 Å². The van der Waals surface area contributed by atoms with E-state index in [1.165, 1.54) is 7.11 Å². The molecule has 4 aromatic rings. The fourth-order valence-electron chi connectivity index (χ4n) is 8.15. The largest absolute Gasteiger partial charge is 0.497 e. The van der Waals surface area contributed by atoms with E-state index < -0.39 is 5.41 Å². The highest BCUT2D eigenvalue weighted by Gasteiger charge is 2.40. The molecule has 1 aromatic carbocycles. The molecule has 1 N–H and O–H groups in total. The zero-order valence-corrected chi connectivity index (χ0v) is 32.1. The van der Waals surface area contributed by atoms with E-state index in [1.54, 1.807) is 12.2 Å². The lowest BCUT2D eigenvalue weighted by Gasteiger charge is -2.39. The predicted molar refractivity (Wildman–Crippen MR) is 206 cm³/mol. The molecule has 2 aliphatic carbocycles. The average Bonchev–Trinajstić information content (AvgIpc) is 3.73. The number of benzene rings is 1. The number of halogens is 1. The third-order valence-corrected chi connectivity index (χ3v) is 11.9. The van der Waals surface area contributed by atoms with E-state index in [0.717, 1.165) is 105 Å². The smallest absolute Gasteiger partial charge is 0.354 e. The molecule has 11 heteroatoms. The van der Waals surface area contributed by atoms with Gasteiger partial charge in [-0.05, 0) is 107 Å². The summed E-state index contributed by atoms with van der Waals surface area (Å²) in [5.74, 6) is 1.61. The van der Waals surface area contributed by atoms with Crippen molar-refractivity contribution in [3.05, 3.63) is 105 Å². The first kappa shape index (κ1) is 36.0. The van der Waals surface area contributed by atoms with Crippen LogP contribution < -0.4 is 5.32 Å². The summed E-state index contributed by atoms with van der Waals surface area (Å²) in [6, 6.07) is 6.49. The van der Waals surface area contributed by atoms with Crippen LogP contribution in [0.1, 0.15) is 64.2 Å². The van der Waals surface area contributed by atoms with Gasteiger partial charge in [0.2, 0.25) is 0 Å². The van der Waals surface area contributed by atoms with Gasteiger partial charge >= 0.3 is 5.97 Å². The molecule has 0 fully saturated rings. The Bertz CT molecular complexity index is 2170. The lowest BCUT2D eigenvalue weighted by atomic mass is 9.69. The number of carbonyl (C=O) groups is 1. The summed E-state index contributed by atoms with van der Waals surface area (Å²) in [5, 5.41) is 14.3. The number of carbonyl (C=O) groups excluding carboxylic acids is 1. The van der Waals surface area contributed by atoms with E-state index in [9.17, 15) is 9.18 Å². The van der Waals surface area contributed by atoms with Crippen LogP contribution in [0.25, 0.3) is 22.0 Å². The molecular formula is C41H49FN6O3S. The number of aryl methyl sites for hydroxylation is 6. The fourth-order valence-corrected chi connectivity index (χ4v) is 9.09. The van der Waals surface area contributed by atoms with Crippen molar-refractivity contribution < 1.29 is 18.7 Å². The standard InChI is InChI=1S/C41H49FN6O3S/c1-25-9-12-33-37-26(2)39(40(49)50-7)47(33)16-8-18-51-35-20-28(19-29-21-30(42)13-14-41(29,35)4)10-11-32-22-31(45-46(32)6)23-52-24-34-38(36(25)37)27(3)44-48(34)17-15-43-5/h9,12-14,19-22,29,43H,8,10-11,15-18,23-24H2,1-7H3. The molecule has 0 amide bonds. The number of esters is 1. The summed E-state index contributed by atoms with van der Waals surface area (Å²) < 4.78 is 32.8. The van der Waals surface area contributed by atoms with Gasteiger partial charge in [0.15, 0.2) is 0 Å². The number of ether oxygens (including phenoxy) is 2. The molecule has 0 saturated carbocycles. The molecule has 9 nitrogen and oxygen atoms in total. The Balaban J connectivity index is 1.36. The Labute approximate surface area is 309 Å². The number of hydrogen-bond donors (Lipinski definition) is 1. The van der Waals surface area contributed by atoms with E-state index in [-0.39, 0.29) is 17.7 Å². The average molecular weight is 725 g/mol. The van der Waals surface area contributed by atoms with Gasteiger partial charge in [-0.25, -0.2) is 9.18 Å². The second-order valence-electron chi connectivity index (χ2n) is 14.4. The zero-order valence-electron chi connectivity index (χ0n) is 31.3. The minimum atomic E-state index is -0.487. The van der Waals surface area contributed by atoms with Gasteiger partial charge in [0.25, 0.3) is 0 Å². The predicted octanol–water partition coefficient (Wildman–Crippen LogP) is 7.83. The van der Waals surface area contributed by atoms with Gasteiger partial charge in [0, 0.05) is 59.7 Å². The van der Waals surface area contributed by atoms with Gasteiger partial charge in [-0.15, -0.1) is 11.8 Å². The van der Waals surface area contributed by atoms with Crippen LogP contribution >= 0.6 is 11.8 Å². The van der Waals surface area contributed by atoms with Gasteiger partial charge in [-0.1, -0.05) is 18.2 Å². The molecule has 7 rings (SSSR count). The SMILES string of the molecule is CNCCn1nc(C)c2c1CSCc1cc(n(C)n1)CCC1=CC3C=C(F)C=CC3(C)C(=C1)OCCCn1c(C(=O)OC)c(C)c3c-2c(C)ccc31. The minimum Gasteiger partial charge on any atom is -0.497 e. The number of thioether (sulfide) groups is 1. The molecule has 3 aromatic heterocycles. The van der Waals surface area contributed by atoms with Gasteiger partial charge < -0.3 is 19.4 Å². The second kappa shape index (κ2) is 14.6. The Morgan fingerprint density at radius 1 is 1.15 bits per heavy atom. The number of aromatic nitrogens is 5. The second-order valence-corrected chi connectivity index (χ2v) is 15.4. The minimum absolute atomic E-state index is 0.148. The van der Waals surface area contributed by atoms with Crippen LogP contribution in [0, 0.1) is 32.1 Å². The van der Waals surface area contributed by atoms with Crippen molar-refractivity contribution in [1.82, 2.24) is 29.4 Å². The summed E-state index contributed by atoms with van der Waals surface area (Å²) >= 11 is 1.84. The number of nitrogens with one attached hydrogen (secondary N) is 1. The molecule has 2 atom stereocenters. The molecule has 2 unspecified atom stereocenters. The van der Waals surface area contributed by atoms with Gasteiger partial charge in [-0.3, -0.25) is 9.36 Å². The van der Waals surface area contributed by atoms with E-state index in [4.69, 9.17) is 19.7 Å². The highest BCUT2D eigenvalue weighted by molar-refractivity contribution is 7.97. The highest BCUT2D eigenvalue weighted by Crippen LogP contribution is 2.47. The zero-order chi connectivity index (χ0) is 36.7. The molecule has 8 bridgehead atoms. The maximum atomic E-state index is 14.6. The summed E-state index contributed by atoms with van der Waals surface area (Å²) in [6.45, 7) is 10.9. The fraction of sp³-hybridized carbons (Fsp3) is 0.439. The maximum Gasteiger partial charge on any atom is 0.354 e. The van der Waals surface area contributed by atoms with Crippen molar-refractivity contribution in [1.29, 1.82) is 0 Å². The van der Waals surface area contributed by atoms with Crippen molar-refractivity contribution in [2.24, 2.45) is 18.4 Å². The van der Waals surface area contributed by atoms with Gasteiger partial charge in [0.1, 0.15) is 17.3 Å². The summed E-state index contributed by atoms with van der Waals surface area (Å²) in [5.41, 5.74) is 10.8. The van der Waals surface area contributed by atoms with Crippen molar-refractivity contribution >= 4 is 28.6 Å². The number of rotatable bonds is 4. The Morgan fingerprint density at radius 3 is 2.77 bits per heavy atom. The van der Waals surface area contributed by atoms with Crippen LogP contribution in [0.2, 0.25) is 0 Å². The van der Waals surface area contributed by atoms with Crippen molar-refractivity contribution in [3.63, 3.8) is 0 Å². The topological polar surface area (TPSA) is 88.1 Å². The molecule has 0 radical (unpaired) electrons. The first-order valence-corrected chi connectivity index (χ1v) is 19.3. The lowest BCUT2D eigenvalue weighted by molar-refractivity contribution is 0.0587. The third kappa shape index (κ3) is 6.46. The van der Waals surface area contributed by atoms with E-state index in [2.05, 4.69) is 65.7 Å². The van der Waals surface area contributed by atoms with E-state index >= 15 is 0 Å². The van der Waals surface area contributed by atoms with Gasteiger partial charge in [0.05, 0.1) is 42.8 Å². The number of likely N-dealkylation sites (N-methyl/N-ethyl adjacent to an activating group) is 1. The lowest BCUT2D eigenvalue weighted by Crippen LogP contribution is -2.31. The number of hydrogen-bond acceptors (Lipinski definition) is 7. The number of allylic oxidation sites excluding steroid dienone is 7. The van der Waals surface area contributed by atoms with Crippen LogP contribution in [0.15, 0.2) is 65.7 Å². The molecular weight excluding hydrogens is 676 g/mol. The Morgan fingerprint density at radius 2 is 1.98 bits per heavy atom. The van der Waals surface area contributed by atoms with Crippen molar-refractivity contribution in [3.8, 4) is 11.1 Å².